The molecule has 3 rings (SSSR count). The van der Waals surface area contributed by atoms with E-state index in [1.807, 2.05) is 17.8 Å². The van der Waals surface area contributed by atoms with Crippen LogP contribution < -0.4 is 5.32 Å². The van der Waals surface area contributed by atoms with Crippen LogP contribution in [0, 0.1) is 5.92 Å². The number of fused-ring (bicyclic) bond motifs is 1. The zero-order valence-corrected chi connectivity index (χ0v) is 14.5. The normalized spacial score (nSPS) is 29.1. The first-order chi connectivity index (χ1) is 10.3. The van der Waals surface area contributed by atoms with Crippen molar-refractivity contribution in [1.82, 2.24) is 5.32 Å². The summed E-state index contributed by atoms with van der Waals surface area (Å²) in [5.41, 5.74) is 1.43. The summed E-state index contributed by atoms with van der Waals surface area (Å²) in [4.78, 5) is 1.42. The van der Waals surface area contributed by atoms with Crippen molar-refractivity contribution in [3.8, 4) is 0 Å². The summed E-state index contributed by atoms with van der Waals surface area (Å²) >= 11 is 8.17. The first kappa shape index (κ1) is 15.7. The third-order valence-corrected chi connectivity index (χ3v) is 6.35. The zero-order chi connectivity index (χ0) is 14.7. The van der Waals surface area contributed by atoms with Crippen molar-refractivity contribution < 1.29 is 0 Å². The molecule has 1 heterocycles. The Labute approximate surface area is 138 Å². The summed E-state index contributed by atoms with van der Waals surface area (Å²) in [5.74, 6) is 2.20. The molecule has 0 radical (unpaired) electrons. The number of thioether (sulfide) groups is 1. The maximum atomic E-state index is 6.20. The second-order valence-electron chi connectivity index (χ2n) is 6.54. The van der Waals surface area contributed by atoms with Crippen LogP contribution in [0.15, 0.2) is 23.1 Å². The molecule has 1 fully saturated rings. The van der Waals surface area contributed by atoms with E-state index < -0.39 is 0 Å². The number of hydrogen-bond donors (Lipinski definition) is 1. The standard InChI is InChI=1S/C18H26ClNS/c1-2-3-13-4-7-15(8-5-13)20-17-10-11-21-18-9-6-14(19)12-16(17)18/h6,9,12-13,15,17,20H,2-5,7-8,10-11H2,1H3. The number of nitrogens with one attached hydrogen (secondary N) is 1. The molecule has 1 aliphatic heterocycles. The van der Waals surface area contributed by atoms with Gasteiger partial charge in [-0.2, -0.15) is 0 Å². The lowest BCUT2D eigenvalue weighted by Gasteiger charge is -2.34. The Morgan fingerprint density at radius 3 is 2.76 bits per heavy atom. The minimum absolute atomic E-state index is 0.507. The molecule has 0 spiro atoms. The summed E-state index contributed by atoms with van der Waals surface area (Å²) in [6.07, 6.45) is 9.52. The molecule has 1 unspecified atom stereocenters. The maximum absolute atomic E-state index is 6.20. The smallest absolute Gasteiger partial charge is 0.0410 e. The molecular weight excluding hydrogens is 298 g/mol. The van der Waals surface area contributed by atoms with Crippen LogP contribution in [0.2, 0.25) is 5.02 Å². The van der Waals surface area contributed by atoms with Gasteiger partial charge in [0.1, 0.15) is 0 Å². The van der Waals surface area contributed by atoms with Crippen molar-refractivity contribution in [2.75, 3.05) is 5.75 Å². The van der Waals surface area contributed by atoms with Crippen molar-refractivity contribution in [3.63, 3.8) is 0 Å². The molecule has 1 nitrogen and oxygen atoms in total. The van der Waals surface area contributed by atoms with Crippen LogP contribution in [-0.4, -0.2) is 11.8 Å². The van der Waals surface area contributed by atoms with Crippen LogP contribution in [0.25, 0.3) is 0 Å². The highest BCUT2D eigenvalue weighted by molar-refractivity contribution is 7.99. The fraction of sp³-hybridized carbons (Fsp3) is 0.667. The molecule has 0 bridgehead atoms. The second kappa shape index (κ2) is 7.39. The molecule has 1 aliphatic carbocycles. The minimum Gasteiger partial charge on any atom is -0.307 e. The molecule has 1 N–H and O–H groups in total. The van der Waals surface area contributed by atoms with Crippen LogP contribution in [-0.2, 0) is 0 Å². The molecule has 2 aliphatic rings. The molecular formula is C18H26ClNS. The Hall–Kier alpha value is -0.180. The molecule has 21 heavy (non-hydrogen) atoms. The molecule has 116 valence electrons. The van der Waals surface area contributed by atoms with Crippen LogP contribution in [0.4, 0.5) is 0 Å². The van der Waals surface area contributed by atoms with Crippen molar-refractivity contribution in [1.29, 1.82) is 0 Å². The van der Waals surface area contributed by atoms with E-state index in [1.54, 1.807) is 0 Å². The van der Waals surface area contributed by atoms with Gasteiger partial charge < -0.3 is 5.32 Å². The highest BCUT2D eigenvalue weighted by Crippen LogP contribution is 2.39. The number of rotatable bonds is 4. The first-order valence-corrected chi connectivity index (χ1v) is 9.81. The third-order valence-electron chi connectivity index (χ3n) is 4.99. The molecule has 0 aromatic heterocycles. The quantitative estimate of drug-likeness (QED) is 0.748. The van der Waals surface area contributed by atoms with Crippen LogP contribution in [0.3, 0.4) is 0 Å². The van der Waals surface area contributed by atoms with Gasteiger partial charge in [0.05, 0.1) is 0 Å². The number of benzene rings is 1. The predicted molar refractivity (Wildman–Crippen MR) is 93.3 cm³/mol. The Bertz CT molecular complexity index is 468. The summed E-state index contributed by atoms with van der Waals surface area (Å²) < 4.78 is 0. The molecule has 1 aromatic rings. The van der Waals surface area contributed by atoms with Crippen molar-refractivity contribution >= 4 is 23.4 Å². The largest absolute Gasteiger partial charge is 0.307 e. The minimum atomic E-state index is 0.507. The Balaban J connectivity index is 1.61. The van der Waals surface area contributed by atoms with Gasteiger partial charge in [-0.05, 0) is 67.5 Å². The summed E-state index contributed by atoms with van der Waals surface area (Å²) in [7, 11) is 0. The van der Waals surface area contributed by atoms with Crippen LogP contribution >= 0.6 is 23.4 Å². The lowest BCUT2D eigenvalue weighted by molar-refractivity contribution is 0.260. The lowest BCUT2D eigenvalue weighted by atomic mass is 9.83. The van der Waals surface area contributed by atoms with Crippen LogP contribution in [0.1, 0.15) is 63.5 Å². The van der Waals surface area contributed by atoms with E-state index in [-0.39, 0.29) is 0 Å². The molecule has 1 aromatic carbocycles. The molecule has 0 saturated heterocycles. The molecule has 0 amide bonds. The average Bonchev–Trinajstić information content (AvgIpc) is 2.50. The predicted octanol–water partition coefficient (Wildman–Crippen LogP) is 5.83. The van der Waals surface area contributed by atoms with E-state index in [4.69, 9.17) is 11.6 Å². The fourth-order valence-electron chi connectivity index (χ4n) is 3.85. The maximum Gasteiger partial charge on any atom is 0.0410 e. The second-order valence-corrected chi connectivity index (χ2v) is 8.12. The molecule has 1 saturated carbocycles. The van der Waals surface area contributed by atoms with Gasteiger partial charge in [-0.15, -0.1) is 11.8 Å². The molecule has 3 heteroatoms. The van der Waals surface area contributed by atoms with Gasteiger partial charge >= 0.3 is 0 Å². The van der Waals surface area contributed by atoms with E-state index in [2.05, 4.69) is 24.4 Å². The summed E-state index contributed by atoms with van der Waals surface area (Å²) in [6, 6.07) is 7.59. The van der Waals surface area contributed by atoms with Gasteiger partial charge in [-0.3, -0.25) is 0 Å². The third kappa shape index (κ3) is 3.97. The Morgan fingerprint density at radius 1 is 1.19 bits per heavy atom. The highest BCUT2D eigenvalue weighted by Gasteiger charge is 2.26. The summed E-state index contributed by atoms with van der Waals surface area (Å²) in [6.45, 7) is 2.31. The van der Waals surface area contributed by atoms with Gasteiger partial charge in [0.15, 0.2) is 0 Å². The lowest BCUT2D eigenvalue weighted by Crippen LogP contribution is -2.37. The van der Waals surface area contributed by atoms with Crippen LogP contribution in [0.5, 0.6) is 0 Å². The highest BCUT2D eigenvalue weighted by atomic mass is 35.5. The van der Waals surface area contributed by atoms with Crippen molar-refractivity contribution in [2.45, 2.75) is 68.8 Å². The van der Waals surface area contributed by atoms with Gasteiger partial charge in [-0.1, -0.05) is 31.4 Å². The fourth-order valence-corrected chi connectivity index (χ4v) is 5.14. The molecule has 1 atom stereocenters. The van der Waals surface area contributed by atoms with Crippen molar-refractivity contribution in [2.24, 2.45) is 5.92 Å². The average molecular weight is 324 g/mol. The van der Waals surface area contributed by atoms with Gasteiger partial charge in [-0.25, -0.2) is 0 Å². The Kier molecular flexibility index (Phi) is 5.53. The SMILES string of the molecule is CCCC1CCC(NC2CCSc3ccc(Cl)cc32)CC1. The van der Waals surface area contributed by atoms with Gasteiger partial charge in [0, 0.05) is 22.0 Å². The first-order valence-electron chi connectivity index (χ1n) is 8.44. The monoisotopic (exact) mass is 323 g/mol. The van der Waals surface area contributed by atoms with E-state index in [0.717, 1.165) is 10.9 Å². The summed E-state index contributed by atoms with van der Waals surface area (Å²) in [5, 5.41) is 4.80. The van der Waals surface area contributed by atoms with Gasteiger partial charge in [0.2, 0.25) is 0 Å². The number of hydrogen-bond acceptors (Lipinski definition) is 2. The topological polar surface area (TPSA) is 12.0 Å². The zero-order valence-electron chi connectivity index (χ0n) is 12.9. The number of halogens is 1. The Morgan fingerprint density at radius 2 is 2.00 bits per heavy atom. The van der Waals surface area contributed by atoms with E-state index in [0.29, 0.717) is 12.1 Å². The van der Waals surface area contributed by atoms with Crippen molar-refractivity contribution in [3.05, 3.63) is 28.8 Å². The van der Waals surface area contributed by atoms with E-state index >= 15 is 0 Å². The van der Waals surface area contributed by atoms with E-state index in [1.165, 1.54) is 61.2 Å². The van der Waals surface area contributed by atoms with E-state index in [9.17, 15) is 0 Å². The van der Waals surface area contributed by atoms with Gasteiger partial charge in [0.25, 0.3) is 0 Å².